The normalized spacial score (nSPS) is 13.0. The van der Waals surface area contributed by atoms with Crippen molar-refractivity contribution < 1.29 is 19.4 Å². The van der Waals surface area contributed by atoms with Gasteiger partial charge in [-0.05, 0) is 23.3 Å². The van der Waals surface area contributed by atoms with E-state index in [1.807, 2.05) is 30.3 Å². The van der Waals surface area contributed by atoms with Gasteiger partial charge in [-0.25, -0.2) is 0 Å². The maximum absolute atomic E-state index is 11.9. The Labute approximate surface area is 142 Å². The van der Waals surface area contributed by atoms with Crippen molar-refractivity contribution in [2.45, 2.75) is 25.5 Å². The van der Waals surface area contributed by atoms with E-state index < -0.39 is 12.1 Å². The van der Waals surface area contributed by atoms with Crippen LogP contribution in [0.5, 0.6) is 11.5 Å². The fourth-order valence-electron chi connectivity index (χ4n) is 2.51. The van der Waals surface area contributed by atoms with E-state index in [9.17, 15) is 9.90 Å². The first-order valence-electron chi connectivity index (χ1n) is 7.85. The van der Waals surface area contributed by atoms with Gasteiger partial charge in [-0.1, -0.05) is 43.3 Å². The molecule has 1 amide bonds. The molecule has 0 aliphatic carbocycles. The minimum atomic E-state index is -0.914. The second-order valence-electron chi connectivity index (χ2n) is 5.37. The molecule has 0 saturated carbocycles. The molecule has 2 aromatic carbocycles. The SMILES string of the molecule is CCC(=O)N[C@H](c1ccccc1)[C@H](O)c1ccc(OC)c(OC)c1. The topological polar surface area (TPSA) is 67.8 Å². The summed E-state index contributed by atoms with van der Waals surface area (Å²) in [5, 5.41) is 13.7. The van der Waals surface area contributed by atoms with E-state index in [1.54, 1.807) is 39.3 Å². The number of aliphatic hydroxyl groups excluding tert-OH is 1. The average molecular weight is 329 g/mol. The minimum Gasteiger partial charge on any atom is -0.493 e. The van der Waals surface area contributed by atoms with Crippen LogP contribution >= 0.6 is 0 Å². The second kappa shape index (κ2) is 8.36. The number of nitrogens with one attached hydrogen (secondary N) is 1. The third kappa shape index (κ3) is 4.06. The standard InChI is InChI=1S/C19H23NO4/c1-4-17(21)20-18(13-8-6-5-7-9-13)19(22)14-10-11-15(23-2)16(12-14)24-3/h5-12,18-19,22H,4H2,1-3H3,(H,20,21)/t18-,19-/m1/s1. The van der Waals surface area contributed by atoms with Crippen molar-refractivity contribution in [2.24, 2.45) is 0 Å². The Kier molecular flexibility index (Phi) is 6.21. The number of hydrogen-bond donors (Lipinski definition) is 2. The Balaban J connectivity index is 2.37. The van der Waals surface area contributed by atoms with Gasteiger partial charge in [0.25, 0.3) is 0 Å². The van der Waals surface area contributed by atoms with Crippen molar-refractivity contribution in [1.82, 2.24) is 5.32 Å². The Morgan fingerprint density at radius 1 is 1.04 bits per heavy atom. The van der Waals surface area contributed by atoms with Crippen LogP contribution in [0.4, 0.5) is 0 Å². The fraction of sp³-hybridized carbons (Fsp3) is 0.316. The summed E-state index contributed by atoms with van der Waals surface area (Å²) in [7, 11) is 3.10. The van der Waals surface area contributed by atoms with E-state index in [-0.39, 0.29) is 5.91 Å². The molecule has 0 radical (unpaired) electrons. The van der Waals surface area contributed by atoms with Gasteiger partial charge >= 0.3 is 0 Å². The Morgan fingerprint density at radius 2 is 1.71 bits per heavy atom. The smallest absolute Gasteiger partial charge is 0.220 e. The first kappa shape index (κ1) is 17.8. The maximum Gasteiger partial charge on any atom is 0.220 e. The van der Waals surface area contributed by atoms with E-state index in [0.717, 1.165) is 5.56 Å². The van der Waals surface area contributed by atoms with Gasteiger partial charge in [-0.3, -0.25) is 4.79 Å². The predicted octanol–water partition coefficient (Wildman–Crippen LogP) is 3.00. The first-order chi connectivity index (χ1) is 11.6. The highest BCUT2D eigenvalue weighted by Gasteiger charge is 2.25. The molecule has 2 rings (SSSR count). The molecular weight excluding hydrogens is 306 g/mol. The van der Waals surface area contributed by atoms with Gasteiger partial charge in [0.15, 0.2) is 11.5 Å². The van der Waals surface area contributed by atoms with Crippen LogP contribution in [0.15, 0.2) is 48.5 Å². The summed E-state index contributed by atoms with van der Waals surface area (Å²) >= 11 is 0. The highest BCUT2D eigenvalue weighted by Crippen LogP contribution is 2.34. The zero-order valence-corrected chi connectivity index (χ0v) is 14.2. The summed E-state index contributed by atoms with van der Waals surface area (Å²) in [5.41, 5.74) is 1.47. The van der Waals surface area contributed by atoms with Crippen molar-refractivity contribution in [3.8, 4) is 11.5 Å². The average Bonchev–Trinajstić information content (AvgIpc) is 2.65. The van der Waals surface area contributed by atoms with Gasteiger partial charge in [-0.15, -0.1) is 0 Å². The summed E-state index contributed by atoms with van der Waals surface area (Å²) in [6.45, 7) is 1.78. The molecule has 0 heterocycles. The van der Waals surface area contributed by atoms with Crippen molar-refractivity contribution in [1.29, 1.82) is 0 Å². The largest absolute Gasteiger partial charge is 0.493 e. The minimum absolute atomic E-state index is 0.122. The molecule has 2 atom stereocenters. The molecule has 0 fully saturated rings. The second-order valence-corrected chi connectivity index (χ2v) is 5.37. The number of carbonyl (C=O) groups is 1. The number of benzene rings is 2. The summed E-state index contributed by atoms with van der Waals surface area (Å²) in [6, 6.07) is 14.1. The van der Waals surface area contributed by atoms with Crippen molar-refractivity contribution in [2.75, 3.05) is 14.2 Å². The third-order valence-corrected chi connectivity index (χ3v) is 3.86. The lowest BCUT2D eigenvalue weighted by molar-refractivity contribution is -0.122. The van der Waals surface area contributed by atoms with Crippen LogP contribution in [-0.4, -0.2) is 25.2 Å². The molecule has 0 spiro atoms. The van der Waals surface area contributed by atoms with E-state index in [0.29, 0.717) is 23.5 Å². The Morgan fingerprint density at radius 3 is 2.29 bits per heavy atom. The lowest BCUT2D eigenvalue weighted by Gasteiger charge is -2.25. The van der Waals surface area contributed by atoms with Crippen LogP contribution in [0.1, 0.15) is 36.6 Å². The molecule has 0 aromatic heterocycles. The van der Waals surface area contributed by atoms with Crippen LogP contribution in [0.2, 0.25) is 0 Å². The highest BCUT2D eigenvalue weighted by molar-refractivity contribution is 5.76. The molecule has 0 unspecified atom stereocenters. The molecule has 5 heteroatoms. The molecular formula is C19H23NO4. The first-order valence-corrected chi connectivity index (χ1v) is 7.85. The van der Waals surface area contributed by atoms with Crippen molar-refractivity contribution >= 4 is 5.91 Å². The number of amides is 1. The van der Waals surface area contributed by atoms with E-state index in [2.05, 4.69) is 5.32 Å². The quantitative estimate of drug-likeness (QED) is 0.819. The van der Waals surface area contributed by atoms with Gasteiger partial charge in [0.1, 0.15) is 6.10 Å². The molecule has 2 N–H and O–H groups in total. The van der Waals surface area contributed by atoms with Gasteiger partial charge in [-0.2, -0.15) is 0 Å². The zero-order chi connectivity index (χ0) is 17.5. The summed E-state index contributed by atoms with van der Waals surface area (Å²) in [4.78, 5) is 11.9. The molecule has 128 valence electrons. The summed E-state index contributed by atoms with van der Waals surface area (Å²) in [6.07, 6.45) is -0.565. The lowest BCUT2D eigenvalue weighted by atomic mass is 9.95. The summed E-state index contributed by atoms with van der Waals surface area (Å²) in [5.74, 6) is 0.994. The van der Waals surface area contributed by atoms with Gasteiger partial charge in [0.2, 0.25) is 5.91 Å². The van der Waals surface area contributed by atoms with Crippen molar-refractivity contribution in [3.63, 3.8) is 0 Å². The summed E-state index contributed by atoms with van der Waals surface area (Å²) < 4.78 is 10.5. The Hall–Kier alpha value is -2.53. The van der Waals surface area contributed by atoms with Crippen LogP contribution in [0, 0.1) is 0 Å². The van der Waals surface area contributed by atoms with Crippen LogP contribution < -0.4 is 14.8 Å². The molecule has 0 saturated heterocycles. The third-order valence-electron chi connectivity index (χ3n) is 3.86. The monoisotopic (exact) mass is 329 g/mol. The lowest BCUT2D eigenvalue weighted by Crippen LogP contribution is -2.32. The molecule has 0 aliphatic rings. The molecule has 2 aromatic rings. The van der Waals surface area contributed by atoms with E-state index >= 15 is 0 Å². The van der Waals surface area contributed by atoms with Gasteiger partial charge in [0.05, 0.1) is 20.3 Å². The van der Waals surface area contributed by atoms with Crippen LogP contribution in [0.25, 0.3) is 0 Å². The van der Waals surface area contributed by atoms with Gasteiger partial charge in [0, 0.05) is 6.42 Å². The number of aliphatic hydroxyl groups is 1. The van der Waals surface area contributed by atoms with Crippen molar-refractivity contribution in [3.05, 3.63) is 59.7 Å². The maximum atomic E-state index is 11.9. The number of methoxy groups -OCH3 is 2. The molecule has 0 bridgehead atoms. The van der Waals surface area contributed by atoms with E-state index in [1.165, 1.54) is 0 Å². The zero-order valence-electron chi connectivity index (χ0n) is 14.2. The number of carbonyl (C=O) groups excluding carboxylic acids is 1. The van der Waals surface area contributed by atoms with Crippen LogP contribution in [0.3, 0.4) is 0 Å². The number of ether oxygens (including phenoxy) is 2. The molecule has 0 aliphatic heterocycles. The Bertz CT molecular complexity index is 672. The predicted molar refractivity (Wildman–Crippen MR) is 92.1 cm³/mol. The highest BCUT2D eigenvalue weighted by atomic mass is 16.5. The van der Waals surface area contributed by atoms with Gasteiger partial charge < -0.3 is 19.9 Å². The molecule has 24 heavy (non-hydrogen) atoms. The van der Waals surface area contributed by atoms with Crippen LogP contribution in [-0.2, 0) is 4.79 Å². The molecule has 5 nitrogen and oxygen atoms in total. The number of rotatable bonds is 7. The van der Waals surface area contributed by atoms with E-state index in [4.69, 9.17) is 9.47 Å². The number of hydrogen-bond acceptors (Lipinski definition) is 4. The fourth-order valence-corrected chi connectivity index (χ4v) is 2.51.